The van der Waals surface area contributed by atoms with Crippen LogP contribution in [0.15, 0.2) is 491 Å². The molecule has 0 amide bonds. The Morgan fingerprint density at radius 1 is 0.135 bits per heavy atom. The fourth-order valence-corrected chi connectivity index (χ4v) is 22.0. The van der Waals surface area contributed by atoms with Crippen LogP contribution in [0.4, 0.5) is 0 Å². The number of para-hydroxylation sites is 5. The smallest absolute Gasteiger partial charge is 0.165 e. The summed E-state index contributed by atoms with van der Waals surface area (Å²) in [6.07, 6.45) is 0. The Bertz CT molecular complexity index is 10400. The van der Waals surface area contributed by atoms with Crippen molar-refractivity contribution in [2.24, 2.45) is 0 Å². The molecule has 0 spiro atoms. The Balaban J connectivity index is 0.000000104. The SMILES string of the molecule is c1ccc(-c2ccc(-c3nc4ccccc4nc3-n3c4ccccc4c4cc5c(ccc6ccc7ccccc7c65)cc43)cc2)cc1.c1ccc(-c2nc(-c3ccccc3)c3ccc(-n4c5ccccc5c5cc6c(ccc7ccc8ccccc8c76)cc54)cc3n2)cc1.c1ccc(-c2nc3ccc(-n4c5ccccc5c5cc6c(ccc7ccc8ccccc8c76)cc54)cc3nc2-c2ccccc2)cc1. The normalized spacial score (nSPS) is 11.8. The molecule has 0 unspecified atom stereocenters. The molecule has 9 heteroatoms. The van der Waals surface area contributed by atoms with E-state index in [9.17, 15) is 0 Å². The van der Waals surface area contributed by atoms with Gasteiger partial charge in [0.25, 0.3) is 0 Å². The van der Waals surface area contributed by atoms with E-state index in [1.807, 2.05) is 54.6 Å². The molecule has 0 atom stereocenters. The third kappa shape index (κ3) is 13.5. The highest BCUT2D eigenvalue weighted by molar-refractivity contribution is 6.28. The summed E-state index contributed by atoms with van der Waals surface area (Å²) in [5.41, 5.74) is 24.6. The summed E-state index contributed by atoms with van der Waals surface area (Å²) in [6.45, 7) is 0. The van der Waals surface area contributed by atoms with E-state index in [0.717, 1.165) is 118 Å². The lowest BCUT2D eigenvalue weighted by atomic mass is 9.95. The standard InChI is InChI=1S/3C44H27N3/c1-3-12-30(13-4-1)43-44(31-14-5-2-6-15-31)46-39-26-33(23-24-38(39)45-43)47-40-18-10-9-17-35(40)37-27-36-32(25-41(37)47)22-21-29-20-19-28-11-7-8-16-34(28)42(29)36;1-3-12-30(13-4-1)43-36-24-23-33(26-39(36)45-44(46-43)31-14-5-2-6-15-31)47-40-18-10-9-17-35(40)38-27-37-32(25-41(38)47)22-21-29-20-19-28-11-7-8-16-34(28)42(29)37;1-2-10-28(11-3-1)29-18-23-32(24-19-29)43-44(46-39-16-8-7-15-38(39)45-43)47-40-17-9-6-14-35(40)37-27-36-33(26-41(37)47)25-22-31-21-20-30-12-4-5-13-34(30)42(31)36/h3*1-27H. The first-order valence-corrected chi connectivity index (χ1v) is 48.0. The highest BCUT2D eigenvalue weighted by Crippen LogP contribution is 2.47. The monoisotopic (exact) mass is 1790 g/mol. The Kier molecular flexibility index (Phi) is 18.8. The van der Waals surface area contributed by atoms with Crippen LogP contribution in [-0.2, 0) is 0 Å². The van der Waals surface area contributed by atoms with Gasteiger partial charge in [-0.1, -0.05) is 388 Å². The Morgan fingerprint density at radius 2 is 0.447 bits per heavy atom. The minimum atomic E-state index is 0.724. The summed E-state index contributed by atoms with van der Waals surface area (Å²) in [6, 6.07) is 175. The summed E-state index contributed by atoms with van der Waals surface area (Å²) in [7, 11) is 0. The molecule has 0 aliphatic carbocycles. The van der Waals surface area contributed by atoms with E-state index >= 15 is 0 Å². The van der Waals surface area contributed by atoms with Crippen LogP contribution in [-0.4, -0.2) is 43.6 Å². The quantitative estimate of drug-likeness (QED) is 0.134. The molecule has 141 heavy (non-hydrogen) atoms. The van der Waals surface area contributed by atoms with Crippen molar-refractivity contribution in [1.29, 1.82) is 0 Å². The highest BCUT2D eigenvalue weighted by Gasteiger charge is 2.26. The van der Waals surface area contributed by atoms with Crippen LogP contribution in [0.3, 0.4) is 0 Å². The van der Waals surface area contributed by atoms with Gasteiger partial charge in [0.2, 0.25) is 0 Å². The molecule has 9 nitrogen and oxygen atoms in total. The first-order valence-electron chi connectivity index (χ1n) is 48.0. The van der Waals surface area contributed by atoms with E-state index in [0.29, 0.717) is 0 Å². The second-order valence-electron chi connectivity index (χ2n) is 36.7. The number of aromatic nitrogens is 9. The zero-order valence-corrected chi connectivity index (χ0v) is 76.3. The summed E-state index contributed by atoms with van der Waals surface area (Å²) >= 11 is 0. The third-order valence-corrected chi connectivity index (χ3v) is 28.6. The van der Waals surface area contributed by atoms with E-state index in [4.69, 9.17) is 29.9 Å². The van der Waals surface area contributed by atoms with Gasteiger partial charge in [0.15, 0.2) is 11.6 Å². The average Bonchev–Trinajstić information content (AvgIpc) is 1.60. The number of rotatable bonds is 9. The predicted octanol–water partition coefficient (Wildman–Crippen LogP) is 34.6. The van der Waals surface area contributed by atoms with Gasteiger partial charge in [0.1, 0.15) is 5.69 Å². The van der Waals surface area contributed by atoms with Crippen LogP contribution < -0.4 is 0 Å². The van der Waals surface area contributed by atoms with Gasteiger partial charge < -0.3 is 9.13 Å². The lowest BCUT2D eigenvalue weighted by Gasteiger charge is -2.14. The van der Waals surface area contributed by atoms with Crippen LogP contribution in [0, 0.1) is 0 Å². The summed E-state index contributed by atoms with van der Waals surface area (Å²) < 4.78 is 7.09. The van der Waals surface area contributed by atoms with Gasteiger partial charge in [-0.3, -0.25) is 4.57 Å². The van der Waals surface area contributed by atoms with Crippen molar-refractivity contribution in [3.05, 3.63) is 491 Å². The molecule has 654 valence electrons. The average molecular weight is 1790 g/mol. The fraction of sp³-hybridized carbons (Fsp3) is 0. The minimum Gasteiger partial charge on any atom is -0.309 e. The van der Waals surface area contributed by atoms with Crippen LogP contribution in [0.5, 0.6) is 0 Å². The van der Waals surface area contributed by atoms with Crippen molar-refractivity contribution in [1.82, 2.24) is 43.6 Å². The molecule has 0 aliphatic rings. The second-order valence-corrected chi connectivity index (χ2v) is 36.7. The molecule has 0 saturated heterocycles. The molecule has 0 saturated carbocycles. The van der Waals surface area contributed by atoms with E-state index in [-0.39, 0.29) is 0 Å². The zero-order chi connectivity index (χ0) is 92.7. The van der Waals surface area contributed by atoms with Gasteiger partial charge >= 0.3 is 0 Å². The van der Waals surface area contributed by atoms with Crippen molar-refractivity contribution in [3.8, 4) is 84.7 Å². The van der Waals surface area contributed by atoms with E-state index in [2.05, 4.69) is 450 Å². The number of hydrogen-bond donors (Lipinski definition) is 0. The van der Waals surface area contributed by atoms with E-state index < -0.39 is 0 Å². The lowest BCUT2D eigenvalue weighted by Crippen LogP contribution is -2.03. The molecular weight excluding hydrogens is 1710 g/mol. The van der Waals surface area contributed by atoms with Crippen LogP contribution in [0.2, 0.25) is 0 Å². The number of hydrogen-bond acceptors (Lipinski definition) is 6. The summed E-state index contributed by atoms with van der Waals surface area (Å²) in [4.78, 5) is 31.3. The minimum absolute atomic E-state index is 0.724. The van der Waals surface area contributed by atoms with Crippen molar-refractivity contribution >= 4 is 195 Å². The maximum atomic E-state index is 5.35. The number of fused-ring (bicyclic) bond motifs is 27. The first kappa shape index (κ1) is 80.5. The Morgan fingerprint density at radius 3 is 0.908 bits per heavy atom. The first-order chi connectivity index (χ1) is 69.9. The molecule has 24 aromatic carbocycles. The maximum absolute atomic E-state index is 5.35. The number of benzene rings is 24. The Hall–Kier alpha value is -19.0. The molecule has 6 aromatic heterocycles. The fourth-order valence-electron chi connectivity index (χ4n) is 22.0. The van der Waals surface area contributed by atoms with Gasteiger partial charge in [-0.05, 0) is 211 Å². The highest BCUT2D eigenvalue weighted by atomic mass is 15.1. The van der Waals surface area contributed by atoms with Crippen molar-refractivity contribution < 1.29 is 0 Å². The second kappa shape index (κ2) is 33.0. The predicted molar refractivity (Wildman–Crippen MR) is 592 cm³/mol. The van der Waals surface area contributed by atoms with E-state index in [1.165, 1.54) is 162 Å². The molecule has 0 N–H and O–H groups in total. The summed E-state index contributed by atoms with van der Waals surface area (Å²) in [5.74, 6) is 1.55. The van der Waals surface area contributed by atoms with Gasteiger partial charge in [-0.2, -0.15) is 0 Å². The number of nitrogens with zero attached hydrogens (tertiary/aromatic N) is 9. The summed E-state index contributed by atoms with van der Waals surface area (Å²) in [5, 5.41) is 31.2. The molecule has 0 bridgehead atoms. The lowest BCUT2D eigenvalue weighted by molar-refractivity contribution is 1.08. The maximum Gasteiger partial charge on any atom is 0.165 e. The van der Waals surface area contributed by atoms with Gasteiger partial charge in [-0.25, -0.2) is 29.9 Å². The van der Waals surface area contributed by atoms with Gasteiger partial charge in [0, 0.05) is 76.9 Å². The Labute approximate surface area is 809 Å². The van der Waals surface area contributed by atoms with Crippen LogP contribution >= 0.6 is 0 Å². The van der Waals surface area contributed by atoms with Crippen molar-refractivity contribution in [2.45, 2.75) is 0 Å². The molecular formula is C132H81N9. The van der Waals surface area contributed by atoms with Gasteiger partial charge in [0.05, 0.1) is 77.8 Å². The van der Waals surface area contributed by atoms with Crippen LogP contribution in [0.25, 0.3) is 280 Å². The van der Waals surface area contributed by atoms with E-state index in [1.54, 1.807) is 0 Å². The largest absolute Gasteiger partial charge is 0.309 e. The zero-order valence-electron chi connectivity index (χ0n) is 76.3. The van der Waals surface area contributed by atoms with Crippen molar-refractivity contribution in [3.63, 3.8) is 0 Å². The molecule has 30 aromatic rings. The molecule has 0 aliphatic heterocycles. The third-order valence-electron chi connectivity index (χ3n) is 28.6. The van der Waals surface area contributed by atoms with Crippen LogP contribution in [0.1, 0.15) is 0 Å². The van der Waals surface area contributed by atoms with Crippen molar-refractivity contribution in [2.75, 3.05) is 0 Å². The topological polar surface area (TPSA) is 92.1 Å². The molecule has 30 rings (SSSR count). The molecule has 0 fully saturated rings. The molecule has 0 radical (unpaired) electrons. The van der Waals surface area contributed by atoms with Gasteiger partial charge in [-0.15, -0.1) is 0 Å². The molecule has 6 heterocycles.